The number of aryl methyl sites for hydroxylation is 2. The minimum Gasteiger partial charge on any atom is -0.386 e. The van der Waals surface area contributed by atoms with Crippen LogP contribution in [0.2, 0.25) is 5.15 Å². The van der Waals surface area contributed by atoms with Gasteiger partial charge in [-0.25, -0.2) is 9.67 Å². The van der Waals surface area contributed by atoms with Gasteiger partial charge in [-0.15, -0.1) is 5.10 Å². The molecule has 2 aromatic carbocycles. The van der Waals surface area contributed by atoms with Crippen LogP contribution in [0.15, 0.2) is 54.6 Å². The van der Waals surface area contributed by atoms with E-state index in [9.17, 15) is 5.11 Å². The van der Waals surface area contributed by atoms with E-state index >= 15 is 0 Å². The van der Waals surface area contributed by atoms with E-state index in [1.54, 1.807) is 4.68 Å². The molecule has 0 aliphatic carbocycles. The van der Waals surface area contributed by atoms with Gasteiger partial charge >= 0.3 is 0 Å². The van der Waals surface area contributed by atoms with Gasteiger partial charge < -0.3 is 14.4 Å². The van der Waals surface area contributed by atoms with Gasteiger partial charge in [0.1, 0.15) is 5.15 Å². The average Bonchev–Trinajstić information content (AvgIpc) is 3.40. The number of fused-ring (bicyclic) bond motifs is 3. The van der Waals surface area contributed by atoms with Crippen molar-refractivity contribution < 1.29 is 9.84 Å². The normalized spacial score (nSPS) is 15.9. The smallest absolute Gasteiger partial charge is 0.139 e. The van der Waals surface area contributed by atoms with Gasteiger partial charge in [0.25, 0.3) is 0 Å². The van der Waals surface area contributed by atoms with E-state index in [-0.39, 0.29) is 6.04 Å². The lowest BCUT2D eigenvalue weighted by Crippen LogP contribution is -2.27. The molecule has 1 aliphatic heterocycles. The average molecular weight is 530 g/mol. The lowest BCUT2D eigenvalue weighted by atomic mass is 9.86. The van der Waals surface area contributed by atoms with Gasteiger partial charge in [-0.05, 0) is 62.8 Å². The molecule has 3 aromatic heterocycles. The molecule has 0 amide bonds. The van der Waals surface area contributed by atoms with E-state index in [2.05, 4.69) is 63.4 Å². The van der Waals surface area contributed by atoms with Crippen LogP contribution in [0, 0.1) is 12.8 Å². The Bertz CT molecular complexity index is 1610. The molecule has 0 spiro atoms. The molecule has 1 unspecified atom stereocenters. The summed E-state index contributed by atoms with van der Waals surface area (Å²) in [5.74, 6) is 0.370. The van der Waals surface area contributed by atoms with Crippen molar-refractivity contribution in [2.24, 2.45) is 13.0 Å². The summed E-state index contributed by atoms with van der Waals surface area (Å²) in [5.41, 5.74) is 6.42. The highest BCUT2D eigenvalue weighted by atomic mass is 35.5. The van der Waals surface area contributed by atoms with Crippen LogP contribution >= 0.6 is 11.6 Å². The van der Waals surface area contributed by atoms with Crippen molar-refractivity contribution in [3.8, 4) is 11.3 Å². The van der Waals surface area contributed by atoms with Gasteiger partial charge in [0.05, 0.1) is 39.6 Å². The predicted molar refractivity (Wildman–Crippen MR) is 150 cm³/mol. The van der Waals surface area contributed by atoms with Crippen molar-refractivity contribution in [3.05, 3.63) is 76.6 Å². The number of benzene rings is 2. The number of aliphatic hydroxyl groups is 1. The lowest BCUT2D eigenvalue weighted by molar-refractivity contribution is 0.0552. The standard InChI is InChI=1S/C30H32ClN5O2/c1-18-27(35(4)34-33-18)23-17-25-26(32-29(23)31)22-11-10-21(30(2,3)37)16-24(22)36(25)28(19-8-6-5-7-9-19)20-12-14-38-15-13-20/h5-11,16-17,20,28,37H,12-15H2,1-4H3. The highest BCUT2D eigenvalue weighted by Crippen LogP contribution is 2.43. The van der Waals surface area contributed by atoms with Gasteiger partial charge in [-0.1, -0.05) is 59.3 Å². The van der Waals surface area contributed by atoms with Crippen molar-refractivity contribution in [1.29, 1.82) is 0 Å². The zero-order valence-corrected chi connectivity index (χ0v) is 22.9. The molecule has 1 atom stereocenters. The topological polar surface area (TPSA) is 78.0 Å². The highest BCUT2D eigenvalue weighted by molar-refractivity contribution is 6.33. The molecule has 0 radical (unpaired) electrons. The number of halogens is 1. The lowest BCUT2D eigenvalue weighted by Gasteiger charge is -2.33. The number of hydrogen-bond acceptors (Lipinski definition) is 5. The van der Waals surface area contributed by atoms with Crippen LogP contribution in [0.4, 0.5) is 0 Å². The molecule has 8 heteroatoms. The number of aromatic nitrogens is 5. The molecule has 1 fully saturated rings. The first-order valence-corrected chi connectivity index (χ1v) is 13.5. The van der Waals surface area contributed by atoms with Gasteiger partial charge in [0.15, 0.2) is 0 Å². The Hall–Kier alpha value is -3.26. The Morgan fingerprint density at radius 2 is 1.79 bits per heavy atom. The molecule has 196 valence electrons. The van der Waals surface area contributed by atoms with E-state index in [0.29, 0.717) is 11.1 Å². The minimum absolute atomic E-state index is 0.0544. The third-order valence-corrected chi connectivity index (χ3v) is 8.10. The number of ether oxygens (including phenoxy) is 1. The molecule has 1 saturated heterocycles. The van der Waals surface area contributed by atoms with Crippen molar-refractivity contribution in [2.45, 2.75) is 45.3 Å². The Labute approximate surface area is 227 Å². The molecule has 0 bridgehead atoms. The quantitative estimate of drug-likeness (QED) is 0.275. The van der Waals surface area contributed by atoms with E-state index < -0.39 is 5.60 Å². The monoisotopic (exact) mass is 529 g/mol. The Kier molecular flexibility index (Phi) is 6.25. The van der Waals surface area contributed by atoms with Gasteiger partial charge in [0.2, 0.25) is 0 Å². The summed E-state index contributed by atoms with van der Waals surface area (Å²) >= 11 is 6.85. The van der Waals surface area contributed by atoms with Crippen LogP contribution in [0.5, 0.6) is 0 Å². The summed E-state index contributed by atoms with van der Waals surface area (Å²) < 4.78 is 9.92. The fourth-order valence-electron chi connectivity index (χ4n) is 5.91. The summed E-state index contributed by atoms with van der Waals surface area (Å²) in [6, 6.07) is 19.0. The van der Waals surface area contributed by atoms with Crippen LogP contribution in [0.25, 0.3) is 33.2 Å². The molecule has 38 heavy (non-hydrogen) atoms. The molecule has 1 aliphatic rings. The third-order valence-electron chi connectivity index (χ3n) is 7.82. The zero-order chi connectivity index (χ0) is 26.6. The first kappa shape index (κ1) is 25.0. The molecule has 7 nitrogen and oxygen atoms in total. The number of pyridine rings is 1. The van der Waals surface area contributed by atoms with Crippen LogP contribution in [0.3, 0.4) is 0 Å². The number of hydrogen-bond donors (Lipinski definition) is 1. The summed E-state index contributed by atoms with van der Waals surface area (Å²) in [4.78, 5) is 4.96. The van der Waals surface area contributed by atoms with Crippen LogP contribution in [-0.2, 0) is 17.4 Å². The molecule has 5 aromatic rings. The van der Waals surface area contributed by atoms with Gasteiger partial charge in [-0.2, -0.15) is 0 Å². The first-order chi connectivity index (χ1) is 18.2. The maximum atomic E-state index is 10.9. The van der Waals surface area contributed by atoms with E-state index in [1.165, 1.54) is 5.56 Å². The molecule has 0 saturated carbocycles. The van der Waals surface area contributed by atoms with Crippen molar-refractivity contribution >= 4 is 33.5 Å². The van der Waals surface area contributed by atoms with Gasteiger partial charge in [0, 0.05) is 31.2 Å². The highest BCUT2D eigenvalue weighted by Gasteiger charge is 2.31. The summed E-state index contributed by atoms with van der Waals surface area (Å²) in [7, 11) is 1.87. The largest absolute Gasteiger partial charge is 0.386 e. The summed E-state index contributed by atoms with van der Waals surface area (Å²) in [5, 5.41) is 20.8. The minimum atomic E-state index is -0.982. The second-order valence-corrected chi connectivity index (χ2v) is 11.2. The Morgan fingerprint density at radius 3 is 2.45 bits per heavy atom. The molecule has 1 N–H and O–H groups in total. The van der Waals surface area contributed by atoms with Crippen LogP contribution in [-0.4, -0.2) is 42.9 Å². The van der Waals surface area contributed by atoms with Crippen molar-refractivity contribution in [1.82, 2.24) is 24.5 Å². The van der Waals surface area contributed by atoms with E-state index in [1.807, 2.05) is 33.9 Å². The number of nitrogens with zero attached hydrogens (tertiary/aromatic N) is 5. The summed E-state index contributed by atoms with van der Waals surface area (Å²) in [6.07, 6.45) is 1.93. The van der Waals surface area contributed by atoms with Crippen LogP contribution in [0.1, 0.15) is 49.6 Å². The zero-order valence-electron chi connectivity index (χ0n) is 22.1. The molecular weight excluding hydrogens is 498 g/mol. The second-order valence-electron chi connectivity index (χ2n) is 10.8. The van der Waals surface area contributed by atoms with Gasteiger partial charge in [-0.3, -0.25) is 0 Å². The maximum absolute atomic E-state index is 10.9. The Balaban J connectivity index is 1.72. The van der Waals surface area contributed by atoms with Crippen molar-refractivity contribution in [2.75, 3.05) is 13.2 Å². The third kappa shape index (κ3) is 4.19. The fraction of sp³-hybridized carbons (Fsp3) is 0.367. The number of rotatable bonds is 5. The SMILES string of the molecule is Cc1nnn(C)c1-c1cc2c(nc1Cl)c1ccc(C(C)(C)O)cc1n2C(c1ccccc1)C1CCOCC1. The predicted octanol–water partition coefficient (Wildman–Crippen LogP) is 6.19. The molecule has 4 heterocycles. The maximum Gasteiger partial charge on any atom is 0.139 e. The van der Waals surface area contributed by atoms with Crippen molar-refractivity contribution in [3.63, 3.8) is 0 Å². The Morgan fingerprint density at radius 1 is 1.05 bits per heavy atom. The molecular formula is C30H32ClN5O2. The molecule has 6 rings (SSSR count). The van der Waals surface area contributed by atoms with E-state index in [4.69, 9.17) is 21.3 Å². The fourth-order valence-corrected chi connectivity index (χ4v) is 6.14. The van der Waals surface area contributed by atoms with Crippen LogP contribution < -0.4 is 0 Å². The second kappa shape index (κ2) is 9.49. The van der Waals surface area contributed by atoms with E-state index in [0.717, 1.165) is 70.5 Å². The summed E-state index contributed by atoms with van der Waals surface area (Å²) in [6.45, 7) is 7.06. The first-order valence-electron chi connectivity index (χ1n) is 13.1.